The van der Waals surface area contributed by atoms with Crippen molar-refractivity contribution in [2.24, 2.45) is 0 Å². The smallest absolute Gasteiger partial charge is 0.165 e. The number of benzene rings is 2. The molecule has 2 rings (SSSR count). The average molecular weight is 242 g/mol. The fourth-order valence-electron chi connectivity index (χ4n) is 1.84. The van der Waals surface area contributed by atoms with Crippen molar-refractivity contribution in [1.29, 1.82) is 0 Å². The molecule has 4 nitrogen and oxygen atoms in total. The molecule has 0 aliphatic carbocycles. The second-order valence-electron chi connectivity index (χ2n) is 4.07. The first-order valence-electron chi connectivity index (χ1n) is 5.70. The molecular weight excluding hydrogens is 228 g/mol. The van der Waals surface area contributed by atoms with Crippen molar-refractivity contribution < 1.29 is 5.03 Å². The first-order valence-corrected chi connectivity index (χ1v) is 5.70. The number of rotatable bonds is 4. The van der Waals surface area contributed by atoms with Crippen LogP contribution >= 0.6 is 0 Å². The Bertz CT molecular complexity index is 541. The summed E-state index contributed by atoms with van der Waals surface area (Å²) in [5.74, 6) is 0. The van der Waals surface area contributed by atoms with Crippen molar-refractivity contribution in [3.8, 4) is 0 Å². The van der Waals surface area contributed by atoms with E-state index in [1.165, 1.54) is 5.01 Å². The van der Waals surface area contributed by atoms with E-state index < -0.39 is 0 Å². The fraction of sp³-hybridized carbons (Fsp3) is 0.143. The van der Waals surface area contributed by atoms with Gasteiger partial charge in [0.25, 0.3) is 0 Å². The molecule has 0 amide bonds. The lowest BCUT2D eigenvalue weighted by atomic mass is 10.1. The number of nitrogens with zero attached hydrogens (tertiary/aromatic N) is 2. The summed E-state index contributed by atoms with van der Waals surface area (Å²) in [6.07, 6.45) is 0. The number of anilines is 1. The van der Waals surface area contributed by atoms with Crippen molar-refractivity contribution in [2.45, 2.75) is 13.5 Å². The molecule has 0 heterocycles. The summed E-state index contributed by atoms with van der Waals surface area (Å²) in [7, 11) is 0. The molecule has 0 spiro atoms. The minimum absolute atomic E-state index is 0.263. The Balaban J connectivity index is 2.30. The van der Waals surface area contributed by atoms with Crippen LogP contribution in [0, 0.1) is 17.0 Å². The number of para-hydroxylation sites is 1. The second kappa shape index (κ2) is 5.31. The maximum Gasteiger partial charge on any atom is 0.165 e. The van der Waals surface area contributed by atoms with E-state index in [0.29, 0.717) is 5.69 Å². The van der Waals surface area contributed by atoms with E-state index in [1.54, 1.807) is 6.07 Å². The van der Waals surface area contributed by atoms with E-state index in [1.807, 2.05) is 55.5 Å². The maximum atomic E-state index is 11.2. The minimum atomic E-state index is -0.366. The van der Waals surface area contributed by atoms with Crippen LogP contribution in [-0.2, 0) is 6.54 Å². The highest BCUT2D eigenvalue weighted by atomic mass is 16.7. The SMILES string of the molecule is Cc1ccccc1N(Cc1ccccc1)[N+](=O)[O-]. The molecule has 2 aromatic rings. The molecule has 0 saturated carbocycles. The van der Waals surface area contributed by atoms with E-state index >= 15 is 0 Å². The molecule has 0 N–H and O–H groups in total. The van der Waals surface area contributed by atoms with E-state index in [-0.39, 0.29) is 11.6 Å². The monoisotopic (exact) mass is 242 g/mol. The van der Waals surface area contributed by atoms with Crippen LogP contribution in [0.25, 0.3) is 0 Å². The van der Waals surface area contributed by atoms with Crippen LogP contribution in [0.15, 0.2) is 54.6 Å². The maximum absolute atomic E-state index is 11.2. The molecule has 18 heavy (non-hydrogen) atoms. The number of nitro groups is 1. The van der Waals surface area contributed by atoms with Gasteiger partial charge in [-0.2, -0.15) is 0 Å². The van der Waals surface area contributed by atoms with Crippen molar-refractivity contribution in [2.75, 3.05) is 5.01 Å². The van der Waals surface area contributed by atoms with Crippen LogP contribution in [0.4, 0.5) is 5.69 Å². The second-order valence-corrected chi connectivity index (χ2v) is 4.07. The first-order chi connectivity index (χ1) is 8.68. The highest BCUT2D eigenvalue weighted by molar-refractivity contribution is 5.50. The van der Waals surface area contributed by atoms with Gasteiger partial charge in [0.15, 0.2) is 5.03 Å². The van der Waals surface area contributed by atoms with Gasteiger partial charge in [-0.15, -0.1) is 0 Å². The Kier molecular flexibility index (Phi) is 3.57. The van der Waals surface area contributed by atoms with E-state index in [0.717, 1.165) is 11.1 Å². The molecule has 0 atom stereocenters. The molecule has 0 fully saturated rings. The summed E-state index contributed by atoms with van der Waals surface area (Å²) in [6, 6.07) is 16.7. The quantitative estimate of drug-likeness (QED) is 0.611. The van der Waals surface area contributed by atoms with Crippen molar-refractivity contribution in [3.63, 3.8) is 0 Å². The topological polar surface area (TPSA) is 46.4 Å². The van der Waals surface area contributed by atoms with Gasteiger partial charge in [-0.05, 0) is 24.1 Å². The number of hydrogen-bond donors (Lipinski definition) is 0. The Morgan fingerprint density at radius 2 is 1.67 bits per heavy atom. The number of aryl methyl sites for hydroxylation is 1. The van der Waals surface area contributed by atoms with Gasteiger partial charge in [-0.1, -0.05) is 53.5 Å². The number of hydrogen-bond acceptors (Lipinski definition) is 2. The molecule has 92 valence electrons. The standard InChI is InChI=1S/C14H14N2O2/c1-12-7-5-6-10-14(12)15(16(17)18)11-13-8-3-2-4-9-13/h2-10H,11H2,1H3. The summed E-state index contributed by atoms with van der Waals surface area (Å²) >= 11 is 0. The van der Waals surface area contributed by atoms with Gasteiger partial charge in [-0.3, -0.25) is 0 Å². The molecule has 0 aromatic heterocycles. The lowest BCUT2D eigenvalue weighted by molar-refractivity contribution is -0.496. The van der Waals surface area contributed by atoms with Crippen LogP contribution in [0.1, 0.15) is 11.1 Å². The van der Waals surface area contributed by atoms with Gasteiger partial charge in [0.2, 0.25) is 0 Å². The lowest BCUT2D eigenvalue weighted by Gasteiger charge is -2.16. The predicted molar refractivity (Wildman–Crippen MR) is 70.8 cm³/mol. The van der Waals surface area contributed by atoms with Crippen molar-refractivity contribution in [1.82, 2.24) is 0 Å². The number of hydrazine groups is 1. The Morgan fingerprint density at radius 1 is 1.06 bits per heavy atom. The van der Waals surface area contributed by atoms with E-state index in [9.17, 15) is 10.1 Å². The lowest BCUT2D eigenvalue weighted by Crippen LogP contribution is -2.29. The molecule has 0 saturated heterocycles. The molecule has 2 aromatic carbocycles. The van der Waals surface area contributed by atoms with Gasteiger partial charge in [0.1, 0.15) is 12.2 Å². The normalized spacial score (nSPS) is 10.1. The molecular formula is C14H14N2O2. The molecule has 4 heteroatoms. The van der Waals surface area contributed by atoms with Gasteiger partial charge < -0.3 is 0 Å². The van der Waals surface area contributed by atoms with Crippen molar-refractivity contribution in [3.05, 3.63) is 75.8 Å². The van der Waals surface area contributed by atoms with Crippen molar-refractivity contribution >= 4 is 5.69 Å². The van der Waals surface area contributed by atoms with E-state index in [2.05, 4.69) is 0 Å². The molecule has 0 radical (unpaired) electrons. The van der Waals surface area contributed by atoms with Crippen LogP contribution in [0.2, 0.25) is 0 Å². The van der Waals surface area contributed by atoms with Crippen LogP contribution in [0.3, 0.4) is 0 Å². The van der Waals surface area contributed by atoms with Gasteiger partial charge in [0.05, 0.1) is 0 Å². The van der Waals surface area contributed by atoms with Gasteiger partial charge in [0, 0.05) is 0 Å². The average Bonchev–Trinajstić information content (AvgIpc) is 2.38. The summed E-state index contributed by atoms with van der Waals surface area (Å²) in [5.41, 5.74) is 2.44. The summed E-state index contributed by atoms with van der Waals surface area (Å²) < 4.78 is 0. The van der Waals surface area contributed by atoms with Crippen LogP contribution in [0.5, 0.6) is 0 Å². The Morgan fingerprint density at radius 3 is 2.28 bits per heavy atom. The Hall–Kier alpha value is -2.36. The fourth-order valence-corrected chi connectivity index (χ4v) is 1.84. The zero-order valence-corrected chi connectivity index (χ0v) is 10.1. The summed E-state index contributed by atoms with van der Waals surface area (Å²) in [5, 5.41) is 12.0. The zero-order valence-electron chi connectivity index (χ0n) is 10.1. The minimum Gasteiger partial charge on any atom is -0.234 e. The molecule has 0 unspecified atom stereocenters. The third-order valence-corrected chi connectivity index (χ3v) is 2.77. The van der Waals surface area contributed by atoms with Gasteiger partial charge >= 0.3 is 0 Å². The van der Waals surface area contributed by atoms with Crippen LogP contribution < -0.4 is 5.01 Å². The summed E-state index contributed by atoms with van der Waals surface area (Å²) in [6.45, 7) is 2.13. The zero-order chi connectivity index (χ0) is 13.0. The molecule has 0 aliphatic rings. The van der Waals surface area contributed by atoms with Gasteiger partial charge in [-0.25, -0.2) is 10.1 Å². The third kappa shape index (κ3) is 2.66. The van der Waals surface area contributed by atoms with Crippen LogP contribution in [-0.4, -0.2) is 5.03 Å². The largest absolute Gasteiger partial charge is 0.234 e. The highest BCUT2D eigenvalue weighted by Gasteiger charge is 2.19. The highest BCUT2D eigenvalue weighted by Crippen LogP contribution is 2.21. The summed E-state index contributed by atoms with van der Waals surface area (Å²) in [4.78, 5) is 11.2. The first kappa shape index (κ1) is 12.1. The van der Waals surface area contributed by atoms with E-state index in [4.69, 9.17) is 0 Å². The molecule has 0 bridgehead atoms. The third-order valence-electron chi connectivity index (χ3n) is 2.77. The molecule has 0 aliphatic heterocycles. The predicted octanol–water partition coefficient (Wildman–Crippen LogP) is 3.19. The Labute approximate surface area is 106 Å².